The maximum atomic E-state index is 12.7. The number of ether oxygens (including phenoxy) is 4. The zero-order valence-corrected chi connectivity index (χ0v) is 19.4. The van der Waals surface area contributed by atoms with Crippen molar-refractivity contribution in [2.24, 2.45) is 0 Å². The Bertz CT molecular complexity index is 896. The van der Waals surface area contributed by atoms with E-state index in [0.29, 0.717) is 11.5 Å². The summed E-state index contributed by atoms with van der Waals surface area (Å²) in [6, 6.07) is 13.8. The van der Waals surface area contributed by atoms with Crippen molar-refractivity contribution in [1.82, 2.24) is 5.32 Å². The Morgan fingerprint density at radius 3 is 2.13 bits per heavy atom. The molecule has 31 heavy (non-hydrogen) atoms. The number of thioether (sulfide) groups is 1. The summed E-state index contributed by atoms with van der Waals surface area (Å²) in [4.78, 5) is 26.1. The van der Waals surface area contributed by atoms with Crippen LogP contribution >= 0.6 is 11.8 Å². The van der Waals surface area contributed by atoms with Crippen molar-refractivity contribution in [3.8, 4) is 11.5 Å². The van der Waals surface area contributed by atoms with Crippen LogP contribution in [0.1, 0.15) is 31.6 Å². The highest BCUT2D eigenvalue weighted by molar-refractivity contribution is 7.99. The van der Waals surface area contributed by atoms with Gasteiger partial charge in [-0.3, -0.25) is 0 Å². The number of benzene rings is 2. The molecule has 0 radical (unpaired) electrons. The van der Waals surface area contributed by atoms with E-state index in [9.17, 15) is 9.59 Å². The van der Waals surface area contributed by atoms with Gasteiger partial charge in [0.05, 0.1) is 26.6 Å². The third kappa shape index (κ3) is 7.40. The Hall–Kier alpha value is -2.87. The van der Waals surface area contributed by atoms with Crippen LogP contribution in [0.5, 0.6) is 11.5 Å². The van der Waals surface area contributed by atoms with Crippen molar-refractivity contribution in [2.75, 3.05) is 21.3 Å². The SMILES string of the molecule is COC(=O)C(NC(=O)OC(C)(C)C)C(Sc1cccc(OC)c1)c1cccc(OC)c1. The fraction of sp³-hybridized carbons (Fsp3) is 0.391. The van der Waals surface area contributed by atoms with Crippen molar-refractivity contribution in [3.63, 3.8) is 0 Å². The fourth-order valence-corrected chi connectivity index (χ4v) is 4.02. The van der Waals surface area contributed by atoms with Crippen LogP contribution in [-0.4, -0.2) is 45.0 Å². The van der Waals surface area contributed by atoms with Crippen molar-refractivity contribution in [1.29, 1.82) is 0 Å². The minimum absolute atomic E-state index is 0.526. The lowest BCUT2D eigenvalue weighted by atomic mass is 10.0. The highest BCUT2D eigenvalue weighted by Crippen LogP contribution is 2.40. The standard InChI is InChI=1S/C23H29NO6S/c1-23(2,3)30-22(26)24-19(21(25)29-6)20(15-9-7-10-16(13-15)27-4)31-18-12-8-11-17(14-18)28-5/h7-14,19-20H,1-6H3,(H,24,26). The normalized spacial score (nSPS) is 13.0. The number of methoxy groups -OCH3 is 3. The van der Waals surface area contributed by atoms with Gasteiger partial charge in [-0.25, -0.2) is 9.59 Å². The molecule has 2 rings (SSSR count). The minimum atomic E-state index is -1.01. The third-order valence-electron chi connectivity index (χ3n) is 4.16. The first-order chi connectivity index (χ1) is 14.7. The summed E-state index contributed by atoms with van der Waals surface area (Å²) >= 11 is 1.40. The lowest BCUT2D eigenvalue weighted by Gasteiger charge is -2.28. The third-order valence-corrected chi connectivity index (χ3v) is 5.48. The summed E-state index contributed by atoms with van der Waals surface area (Å²) in [5.41, 5.74) is 0.0644. The topological polar surface area (TPSA) is 83.1 Å². The molecule has 2 aromatic rings. The van der Waals surface area contributed by atoms with E-state index in [-0.39, 0.29) is 0 Å². The number of rotatable bonds is 8. The van der Waals surface area contributed by atoms with Gasteiger partial charge < -0.3 is 24.3 Å². The average molecular weight is 448 g/mol. The van der Waals surface area contributed by atoms with E-state index in [1.807, 2.05) is 48.5 Å². The van der Waals surface area contributed by atoms with E-state index in [1.54, 1.807) is 35.0 Å². The number of amides is 1. The number of carbonyl (C=O) groups excluding carboxylic acids is 2. The molecule has 0 saturated carbocycles. The molecule has 0 saturated heterocycles. The Balaban J connectivity index is 2.46. The summed E-state index contributed by atoms with van der Waals surface area (Å²) in [5.74, 6) is 0.729. The van der Waals surface area contributed by atoms with Crippen LogP contribution in [0, 0.1) is 0 Å². The smallest absolute Gasteiger partial charge is 0.408 e. The second-order valence-electron chi connectivity index (χ2n) is 7.64. The van der Waals surface area contributed by atoms with Gasteiger partial charge >= 0.3 is 12.1 Å². The van der Waals surface area contributed by atoms with Gasteiger partial charge in [0.15, 0.2) is 0 Å². The molecule has 0 aromatic heterocycles. The second kappa shape index (κ2) is 10.9. The van der Waals surface area contributed by atoms with Gasteiger partial charge in [-0.1, -0.05) is 18.2 Å². The summed E-state index contributed by atoms with van der Waals surface area (Å²) in [5, 5.41) is 2.15. The van der Waals surface area contributed by atoms with E-state index in [4.69, 9.17) is 18.9 Å². The fourth-order valence-electron chi connectivity index (χ4n) is 2.79. The maximum absolute atomic E-state index is 12.7. The molecule has 0 aliphatic carbocycles. The highest BCUT2D eigenvalue weighted by Gasteiger charge is 2.34. The number of hydrogen-bond donors (Lipinski definition) is 1. The van der Waals surface area contributed by atoms with E-state index in [0.717, 1.165) is 10.5 Å². The molecule has 0 fully saturated rings. The van der Waals surface area contributed by atoms with Gasteiger partial charge in [0.1, 0.15) is 23.1 Å². The van der Waals surface area contributed by atoms with Crippen molar-refractivity contribution in [3.05, 3.63) is 54.1 Å². The van der Waals surface area contributed by atoms with E-state index in [1.165, 1.54) is 18.9 Å². The van der Waals surface area contributed by atoms with E-state index < -0.39 is 29.0 Å². The van der Waals surface area contributed by atoms with Gasteiger partial charge in [0, 0.05) is 4.90 Å². The number of alkyl carbamates (subject to hydrolysis) is 1. The van der Waals surface area contributed by atoms with E-state index >= 15 is 0 Å². The quantitative estimate of drug-likeness (QED) is 0.468. The molecule has 2 aromatic carbocycles. The molecule has 2 unspecified atom stereocenters. The van der Waals surface area contributed by atoms with Crippen LogP contribution in [0.15, 0.2) is 53.4 Å². The van der Waals surface area contributed by atoms with Gasteiger partial charge in [0.25, 0.3) is 0 Å². The number of nitrogens with one attached hydrogen (secondary N) is 1. The molecule has 168 valence electrons. The van der Waals surface area contributed by atoms with Crippen LogP contribution in [-0.2, 0) is 14.3 Å². The summed E-state index contributed by atoms with van der Waals surface area (Å²) in [7, 11) is 4.44. The maximum Gasteiger partial charge on any atom is 0.408 e. The predicted molar refractivity (Wildman–Crippen MR) is 120 cm³/mol. The Morgan fingerprint density at radius 2 is 1.55 bits per heavy atom. The van der Waals surface area contributed by atoms with Crippen molar-refractivity contribution in [2.45, 2.75) is 42.6 Å². The molecule has 0 bridgehead atoms. The Morgan fingerprint density at radius 1 is 0.935 bits per heavy atom. The monoisotopic (exact) mass is 447 g/mol. The van der Waals surface area contributed by atoms with Crippen molar-refractivity contribution >= 4 is 23.8 Å². The van der Waals surface area contributed by atoms with Gasteiger partial charge in [-0.05, 0) is 56.7 Å². The van der Waals surface area contributed by atoms with Gasteiger partial charge in [-0.15, -0.1) is 11.8 Å². The summed E-state index contributed by atoms with van der Waals surface area (Å²) in [6.07, 6.45) is -0.706. The lowest BCUT2D eigenvalue weighted by molar-refractivity contribution is -0.143. The Kier molecular flexibility index (Phi) is 8.62. The van der Waals surface area contributed by atoms with Crippen LogP contribution in [0.4, 0.5) is 4.79 Å². The predicted octanol–water partition coefficient (Wildman–Crippen LogP) is 4.60. The molecule has 0 heterocycles. The zero-order valence-electron chi connectivity index (χ0n) is 18.6. The minimum Gasteiger partial charge on any atom is -0.497 e. The molecular weight excluding hydrogens is 418 g/mol. The lowest BCUT2D eigenvalue weighted by Crippen LogP contribution is -2.46. The molecule has 8 heteroatoms. The molecular formula is C23H29NO6S. The van der Waals surface area contributed by atoms with Gasteiger partial charge in [-0.2, -0.15) is 0 Å². The molecule has 7 nitrogen and oxygen atoms in total. The van der Waals surface area contributed by atoms with Gasteiger partial charge in [0.2, 0.25) is 0 Å². The van der Waals surface area contributed by atoms with Crippen LogP contribution in [0.25, 0.3) is 0 Å². The first-order valence-corrected chi connectivity index (χ1v) is 10.6. The molecule has 0 aliphatic rings. The molecule has 0 spiro atoms. The number of hydrogen-bond acceptors (Lipinski definition) is 7. The number of carbonyl (C=O) groups is 2. The van der Waals surface area contributed by atoms with Crippen LogP contribution in [0.2, 0.25) is 0 Å². The first kappa shape index (κ1) is 24.4. The van der Waals surface area contributed by atoms with Crippen LogP contribution in [0.3, 0.4) is 0 Å². The summed E-state index contributed by atoms with van der Waals surface area (Å²) < 4.78 is 21.0. The first-order valence-electron chi connectivity index (χ1n) is 9.69. The summed E-state index contributed by atoms with van der Waals surface area (Å²) in [6.45, 7) is 5.26. The second-order valence-corrected chi connectivity index (χ2v) is 8.86. The van der Waals surface area contributed by atoms with Crippen molar-refractivity contribution < 1.29 is 28.5 Å². The molecule has 0 aliphatic heterocycles. The van der Waals surface area contributed by atoms with Crippen LogP contribution < -0.4 is 14.8 Å². The highest BCUT2D eigenvalue weighted by atomic mass is 32.2. The molecule has 1 amide bonds. The zero-order chi connectivity index (χ0) is 23.0. The molecule has 2 atom stereocenters. The Labute approximate surface area is 187 Å². The average Bonchev–Trinajstić information content (AvgIpc) is 2.74. The molecule has 1 N–H and O–H groups in total. The largest absolute Gasteiger partial charge is 0.497 e. The number of esters is 1. The van der Waals surface area contributed by atoms with E-state index in [2.05, 4.69) is 5.32 Å².